The van der Waals surface area contributed by atoms with Crippen molar-refractivity contribution in [2.45, 2.75) is 6.92 Å². The van der Waals surface area contributed by atoms with Crippen LogP contribution in [0.5, 0.6) is 0 Å². The first-order chi connectivity index (χ1) is 5.91. The molecule has 0 aromatic heterocycles. The van der Waals surface area contributed by atoms with Gasteiger partial charge in [0.15, 0.2) is 9.84 Å². The van der Waals surface area contributed by atoms with E-state index in [0.29, 0.717) is 0 Å². The molecule has 0 unspecified atom stereocenters. The van der Waals surface area contributed by atoms with Crippen LogP contribution in [-0.2, 0) is 9.84 Å². The van der Waals surface area contributed by atoms with Crippen LogP contribution in [-0.4, -0.2) is 14.7 Å². The van der Waals surface area contributed by atoms with E-state index in [0.717, 1.165) is 11.8 Å². The maximum atomic E-state index is 11.1. The van der Waals surface area contributed by atoms with Gasteiger partial charge in [0, 0.05) is 6.26 Å². The van der Waals surface area contributed by atoms with Crippen molar-refractivity contribution < 1.29 is 8.42 Å². The Morgan fingerprint density at radius 1 is 1.15 bits per heavy atom. The zero-order valence-corrected chi connectivity index (χ0v) is 8.76. The third-order valence-electron chi connectivity index (χ3n) is 1.46. The predicted octanol–water partition coefficient (Wildman–Crippen LogP) is 2.23. The molecule has 0 saturated carbocycles. The van der Waals surface area contributed by atoms with Crippen molar-refractivity contribution in [3.8, 4) is 0 Å². The van der Waals surface area contributed by atoms with Crippen LogP contribution in [0.4, 0.5) is 0 Å². The Labute approximate surface area is 79.9 Å². The quantitative estimate of drug-likeness (QED) is 0.649. The summed E-state index contributed by atoms with van der Waals surface area (Å²) in [5.74, 6) is 0. The lowest BCUT2D eigenvalue weighted by atomic mass is 10.3. The molecule has 3 heteroatoms. The van der Waals surface area contributed by atoms with Crippen LogP contribution < -0.4 is 0 Å². The predicted molar refractivity (Wildman–Crippen MR) is 57.1 cm³/mol. The SMILES string of the molecule is C=C/C(C)=C\C=C(/C=C)S(C)(=O)=O. The van der Waals surface area contributed by atoms with Crippen molar-refractivity contribution >= 4 is 9.84 Å². The smallest absolute Gasteiger partial charge is 0.175 e. The highest BCUT2D eigenvalue weighted by Crippen LogP contribution is 2.06. The van der Waals surface area contributed by atoms with Crippen LogP contribution in [0.3, 0.4) is 0 Å². The number of sulfone groups is 1. The van der Waals surface area contributed by atoms with Crippen molar-refractivity contribution in [1.82, 2.24) is 0 Å². The average Bonchev–Trinajstić information content (AvgIpc) is 2.02. The molecule has 2 nitrogen and oxygen atoms in total. The van der Waals surface area contributed by atoms with Gasteiger partial charge in [-0.3, -0.25) is 0 Å². The van der Waals surface area contributed by atoms with Crippen LogP contribution in [0.15, 0.2) is 47.9 Å². The Hall–Kier alpha value is -1.09. The summed E-state index contributed by atoms with van der Waals surface area (Å²) in [7, 11) is -3.15. The lowest BCUT2D eigenvalue weighted by Gasteiger charge is -1.95. The minimum absolute atomic E-state index is 0.216. The number of allylic oxidation sites excluding steroid dienone is 5. The first-order valence-corrected chi connectivity index (χ1v) is 5.64. The van der Waals surface area contributed by atoms with Crippen LogP contribution in [0.1, 0.15) is 6.92 Å². The molecule has 0 amide bonds. The maximum absolute atomic E-state index is 11.1. The first kappa shape index (κ1) is 11.9. The molecule has 0 fully saturated rings. The zero-order chi connectivity index (χ0) is 10.5. The van der Waals surface area contributed by atoms with Crippen LogP contribution in [0, 0.1) is 0 Å². The molecule has 72 valence electrons. The molecule has 0 aliphatic rings. The van der Waals surface area contributed by atoms with Crippen molar-refractivity contribution in [2.75, 3.05) is 6.26 Å². The van der Waals surface area contributed by atoms with Crippen molar-refractivity contribution in [1.29, 1.82) is 0 Å². The van der Waals surface area contributed by atoms with Gasteiger partial charge < -0.3 is 0 Å². The second kappa shape index (κ2) is 4.82. The molecule has 0 bridgehead atoms. The first-order valence-electron chi connectivity index (χ1n) is 3.75. The van der Waals surface area contributed by atoms with E-state index in [2.05, 4.69) is 13.2 Å². The van der Waals surface area contributed by atoms with Crippen LogP contribution in [0.25, 0.3) is 0 Å². The van der Waals surface area contributed by atoms with Gasteiger partial charge in [-0.1, -0.05) is 37.0 Å². The van der Waals surface area contributed by atoms with Crippen LogP contribution >= 0.6 is 0 Å². The summed E-state index contributed by atoms with van der Waals surface area (Å²) in [6, 6.07) is 0. The molecular formula is C10H14O2S. The van der Waals surface area contributed by atoms with E-state index >= 15 is 0 Å². The molecule has 0 spiro atoms. The van der Waals surface area contributed by atoms with Gasteiger partial charge in [0.2, 0.25) is 0 Å². The third kappa shape index (κ3) is 4.48. The monoisotopic (exact) mass is 198 g/mol. The van der Waals surface area contributed by atoms with Crippen molar-refractivity contribution in [3.05, 3.63) is 47.9 Å². The van der Waals surface area contributed by atoms with E-state index in [9.17, 15) is 8.42 Å². The summed E-state index contributed by atoms with van der Waals surface area (Å²) in [4.78, 5) is 0.216. The van der Waals surface area contributed by atoms with Gasteiger partial charge in [0.1, 0.15) is 0 Å². The van der Waals surface area contributed by atoms with Gasteiger partial charge in [-0.05, 0) is 13.0 Å². The molecule has 0 rings (SSSR count). The van der Waals surface area contributed by atoms with Gasteiger partial charge in [0.25, 0.3) is 0 Å². The molecule has 0 heterocycles. The summed E-state index contributed by atoms with van der Waals surface area (Å²) in [6.07, 6.45) is 7.32. The lowest BCUT2D eigenvalue weighted by molar-refractivity contribution is 0.608. The summed E-state index contributed by atoms with van der Waals surface area (Å²) < 4.78 is 22.1. The molecule has 0 aromatic carbocycles. The number of hydrogen-bond acceptors (Lipinski definition) is 2. The van der Waals surface area contributed by atoms with E-state index in [1.807, 2.05) is 6.92 Å². The molecule has 0 aliphatic heterocycles. The van der Waals surface area contributed by atoms with E-state index in [4.69, 9.17) is 0 Å². The van der Waals surface area contributed by atoms with Crippen LogP contribution in [0.2, 0.25) is 0 Å². The fourth-order valence-electron chi connectivity index (χ4n) is 0.625. The van der Waals surface area contributed by atoms with Crippen molar-refractivity contribution in [3.63, 3.8) is 0 Å². The zero-order valence-electron chi connectivity index (χ0n) is 7.95. The fraction of sp³-hybridized carbons (Fsp3) is 0.200. The topological polar surface area (TPSA) is 34.1 Å². The number of hydrogen-bond donors (Lipinski definition) is 0. The van der Waals surface area contributed by atoms with E-state index < -0.39 is 9.84 Å². The molecule has 0 radical (unpaired) electrons. The molecule has 0 aliphatic carbocycles. The van der Waals surface area contributed by atoms with Gasteiger partial charge >= 0.3 is 0 Å². The molecule has 13 heavy (non-hydrogen) atoms. The Kier molecular flexibility index (Phi) is 4.42. The standard InChI is InChI=1S/C10H14O2S/c1-5-9(3)7-8-10(6-2)13(4,11)12/h5-8H,1-2H2,3-4H3/b9-7-,10-8+. The summed E-state index contributed by atoms with van der Waals surface area (Å²) in [5, 5.41) is 0. The fourth-order valence-corrected chi connectivity index (χ4v) is 1.24. The Balaban J connectivity index is 5.02. The Morgan fingerprint density at radius 3 is 2.00 bits per heavy atom. The molecule has 0 atom stereocenters. The summed E-state index contributed by atoms with van der Waals surface area (Å²) >= 11 is 0. The molecular weight excluding hydrogens is 184 g/mol. The highest BCUT2D eigenvalue weighted by atomic mass is 32.2. The summed E-state index contributed by atoms with van der Waals surface area (Å²) in [6.45, 7) is 8.82. The largest absolute Gasteiger partial charge is 0.224 e. The van der Waals surface area contributed by atoms with Gasteiger partial charge in [-0.25, -0.2) is 8.42 Å². The molecule has 0 aromatic rings. The highest BCUT2D eigenvalue weighted by molar-refractivity contribution is 7.94. The minimum atomic E-state index is -3.15. The highest BCUT2D eigenvalue weighted by Gasteiger charge is 2.04. The molecule has 0 saturated heterocycles. The summed E-state index contributed by atoms with van der Waals surface area (Å²) in [5.41, 5.74) is 0.906. The van der Waals surface area contributed by atoms with Gasteiger partial charge in [0.05, 0.1) is 4.91 Å². The Bertz CT molecular complexity index is 356. The van der Waals surface area contributed by atoms with E-state index in [1.165, 1.54) is 12.2 Å². The minimum Gasteiger partial charge on any atom is -0.224 e. The second-order valence-electron chi connectivity index (χ2n) is 2.66. The van der Waals surface area contributed by atoms with E-state index in [-0.39, 0.29) is 4.91 Å². The van der Waals surface area contributed by atoms with E-state index in [1.54, 1.807) is 12.2 Å². The average molecular weight is 198 g/mol. The van der Waals surface area contributed by atoms with Crippen molar-refractivity contribution in [2.24, 2.45) is 0 Å². The third-order valence-corrected chi connectivity index (χ3v) is 2.62. The normalized spacial score (nSPS) is 14.0. The Morgan fingerprint density at radius 2 is 1.69 bits per heavy atom. The second-order valence-corrected chi connectivity index (χ2v) is 4.68. The maximum Gasteiger partial charge on any atom is 0.175 e. The molecule has 0 N–H and O–H groups in total. The number of rotatable bonds is 4. The van der Waals surface area contributed by atoms with Gasteiger partial charge in [-0.2, -0.15) is 0 Å². The lowest BCUT2D eigenvalue weighted by Crippen LogP contribution is -1.97. The van der Waals surface area contributed by atoms with Gasteiger partial charge in [-0.15, -0.1) is 0 Å².